The molecule has 1 heterocycles. The monoisotopic (exact) mass is 441 g/mol. The van der Waals surface area contributed by atoms with Gasteiger partial charge >= 0.3 is 0 Å². The third kappa shape index (κ3) is 4.66. The molecule has 0 spiro atoms. The molecule has 3 rings (SSSR count). The van der Waals surface area contributed by atoms with Crippen LogP contribution >= 0.6 is 15.9 Å². The lowest BCUT2D eigenvalue weighted by Gasteiger charge is -2.08. The summed E-state index contributed by atoms with van der Waals surface area (Å²) in [4.78, 5) is 36.2. The van der Waals surface area contributed by atoms with E-state index in [1.165, 1.54) is 0 Å². The summed E-state index contributed by atoms with van der Waals surface area (Å²) in [5.74, 6) is -0.819. The molecular weight excluding hydrogens is 426 g/mol. The highest BCUT2D eigenvalue weighted by molar-refractivity contribution is 9.10. The predicted octanol–water partition coefficient (Wildman–Crippen LogP) is 3.91. The third-order valence-corrected chi connectivity index (χ3v) is 4.24. The summed E-state index contributed by atoms with van der Waals surface area (Å²) in [6, 6.07) is 16.2. The Morgan fingerprint density at radius 2 is 1.50 bits per heavy atom. The highest BCUT2D eigenvalue weighted by Gasteiger charge is 2.13. The molecule has 0 aliphatic rings. The standard InChI is InChI=1S/C20H16BrN3O4/c1-22-18(25)12-5-7-14(8-6-12)23-19(26)13-3-2-4-15(11-13)24-20(27)16-9-10-17(21)28-16/h2-11H,1H3,(H,22,25)(H,23,26)(H,24,27). The molecule has 0 atom stereocenters. The van der Waals surface area contributed by atoms with Crippen LogP contribution in [0.2, 0.25) is 0 Å². The van der Waals surface area contributed by atoms with E-state index >= 15 is 0 Å². The molecule has 0 aliphatic heterocycles. The van der Waals surface area contributed by atoms with Crippen LogP contribution in [-0.2, 0) is 0 Å². The van der Waals surface area contributed by atoms with Gasteiger partial charge in [0, 0.05) is 29.5 Å². The molecule has 3 aromatic rings. The number of hydrogen-bond donors (Lipinski definition) is 3. The zero-order valence-electron chi connectivity index (χ0n) is 14.8. The number of nitrogens with one attached hydrogen (secondary N) is 3. The Balaban J connectivity index is 1.68. The molecule has 3 N–H and O–H groups in total. The quantitative estimate of drug-likeness (QED) is 0.558. The predicted molar refractivity (Wildman–Crippen MR) is 109 cm³/mol. The second-order valence-electron chi connectivity index (χ2n) is 5.75. The van der Waals surface area contributed by atoms with Crippen LogP contribution in [0.25, 0.3) is 0 Å². The largest absolute Gasteiger partial charge is 0.444 e. The van der Waals surface area contributed by atoms with E-state index in [4.69, 9.17) is 4.42 Å². The van der Waals surface area contributed by atoms with Crippen LogP contribution < -0.4 is 16.0 Å². The summed E-state index contributed by atoms with van der Waals surface area (Å²) < 4.78 is 5.66. The number of anilines is 2. The van der Waals surface area contributed by atoms with Gasteiger partial charge in [-0.3, -0.25) is 14.4 Å². The van der Waals surface area contributed by atoms with E-state index < -0.39 is 5.91 Å². The lowest BCUT2D eigenvalue weighted by Crippen LogP contribution is -2.18. The molecule has 0 bridgehead atoms. The van der Waals surface area contributed by atoms with E-state index in [0.29, 0.717) is 27.2 Å². The van der Waals surface area contributed by atoms with Gasteiger partial charge in [0.15, 0.2) is 10.4 Å². The Morgan fingerprint density at radius 1 is 0.786 bits per heavy atom. The minimum atomic E-state index is -0.423. The zero-order chi connectivity index (χ0) is 20.1. The number of carbonyl (C=O) groups excluding carboxylic acids is 3. The Morgan fingerprint density at radius 3 is 2.14 bits per heavy atom. The molecule has 0 fully saturated rings. The van der Waals surface area contributed by atoms with Crippen molar-refractivity contribution in [1.29, 1.82) is 0 Å². The third-order valence-electron chi connectivity index (χ3n) is 3.81. The fraction of sp³-hybridized carbons (Fsp3) is 0.0500. The van der Waals surface area contributed by atoms with Crippen molar-refractivity contribution >= 4 is 45.0 Å². The van der Waals surface area contributed by atoms with Gasteiger partial charge in [-0.1, -0.05) is 6.07 Å². The van der Waals surface area contributed by atoms with Crippen LogP contribution in [-0.4, -0.2) is 24.8 Å². The molecule has 3 amide bonds. The van der Waals surface area contributed by atoms with E-state index in [2.05, 4.69) is 31.9 Å². The van der Waals surface area contributed by atoms with E-state index in [9.17, 15) is 14.4 Å². The van der Waals surface area contributed by atoms with Crippen molar-refractivity contribution in [2.24, 2.45) is 0 Å². The van der Waals surface area contributed by atoms with E-state index in [0.717, 1.165) is 0 Å². The Bertz CT molecular complexity index is 1030. The fourth-order valence-electron chi connectivity index (χ4n) is 2.42. The van der Waals surface area contributed by atoms with E-state index in [-0.39, 0.29) is 17.6 Å². The maximum absolute atomic E-state index is 12.5. The first-order valence-corrected chi connectivity index (χ1v) is 9.06. The van der Waals surface area contributed by atoms with Crippen molar-refractivity contribution in [2.75, 3.05) is 17.7 Å². The first-order valence-electron chi connectivity index (χ1n) is 8.26. The zero-order valence-corrected chi connectivity index (χ0v) is 16.4. The first-order chi connectivity index (χ1) is 13.5. The van der Waals surface area contributed by atoms with Crippen LogP contribution in [0.15, 0.2) is 69.8 Å². The van der Waals surface area contributed by atoms with Gasteiger partial charge in [-0.25, -0.2) is 0 Å². The maximum atomic E-state index is 12.5. The van der Waals surface area contributed by atoms with Crippen molar-refractivity contribution in [1.82, 2.24) is 5.32 Å². The van der Waals surface area contributed by atoms with Gasteiger partial charge in [0.2, 0.25) is 0 Å². The van der Waals surface area contributed by atoms with Crippen LogP contribution in [0, 0.1) is 0 Å². The average Bonchev–Trinajstić information content (AvgIpc) is 3.14. The summed E-state index contributed by atoms with van der Waals surface area (Å²) in [5.41, 5.74) is 1.87. The molecule has 2 aromatic carbocycles. The second-order valence-corrected chi connectivity index (χ2v) is 6.53. The van der Waals surface area contributed by atoms with E-state index in [1.807, 2.05) is 0 Å². The summed E-state index contributed by atoms with van der Waals surface area (Å²) in [5, 5.41) is 7.96. The van der Waals surface area contributed by atoms with E-state index in [1.54, 1.807) is 67.7 Å². The Labute approximate surface area is 169 Å². The van der Waals surface area contributed by atoms with Gasteiger partial charge < -0.3 is 20.4 Å². The van der Waals surface area contributed by atoms with Gasteiger partial charge in [-0.2, -0.15) is 0 Å². The van der Waals surface area contributed by atoms with Gasteiger partial charge in [0.25, 0.3) is 17.7 Å². The Hall–Kier alpha value is -3.39. The summed E-state index contributed by atoms with van der Waals surface area (Å²) >= 11 is 3.14. The van der Waals surface area contributed by atoms with Crippen molar-refractivity contribution < 1.29 is 18.8 Å². The van der Waals surface area contributed by atoms with Crippen molar-refractivity contribution in [2.45, 2.75) is 0 Å². The number of furan rings is 1. The van der Waals surface area contributed by atoms with Gasteiger partial charge in [0.1, 0.15) is 0 Å². The molecule has 0 unspecified atom stereocenters. The number of benzene rings is 2. The fourth-order valence-corrected chi connectivity index (χ4v) is 2.73. The first kappa shape index (κ1) is 19.4. The lowest BCUT2D eigenvalue weighted by molar-refractivity contribution is 0.0961. The van der Waals surface area contributed by atoms with Gasteiger partial charge in [0.05, 0.1) is 0 Å². The van der Waals surface area contributed by atoms with Crippen LogP contribution in [0.4, 0.5) is 11.4 Å². The van der Waals surface area contributed by atoms with Crippen molar-refractivity contribution in [3.05, 3.63) is 82.2 Å². The minimum Gasteiger partial charge on any atom is -0.444 e. The number of halogens is 1. The van der Waals surface area contributed by atoms with Crippen LogP contribution in [0.1, 0.15) is 31.3 Å². The molecule has 0 saturated carbocycles. The summed E-state index contributed by atoms with van der Waals surface area (Å²) in [6.07, 6.45) is 0. The molecular formula is C20H16BrN3O4. The SMILES string of the molecule is CNC(=O)c1ccc(NC(=O)c2cccc(NC(=O)c3ccc(Br)o3)c2)cc1. The molecule has 0 saturated heterocycles. The molecule has 0 radical (unpaired) electrons. The number of carbonyl (C=O) groups is 3. The average molecular weight is 442 g/mol. The molecule has 0 aliphatic carbocycles. The van der Waals surface area contributed by atoms with Crippen LogP contribution in [0.3, 0.4) is 0 Å². The summed E-state index contributed by atoms with van der Waals surface area (Å²) in [7, 11) is 1.55. The second kappa shape index (κ2) is 8.53. The molecule has 28 heavy (non-hydrogen) atoms. The summed E-state index contributed by atoms with van der Waals surface area (Å²) in [6.45, 7) is 0. The van der Waals surface area contributed by atoms with Crippen molar-refractivity contribution in [3.63, 3.8) is 0 Å². The Kier molecular flexibility index (Phi) is 5.90. The highest BCUT2D eigenvalue weighted by Crippen LogP contribution is 2.18. The maximum Gasteiger partial charge on any atom is 0.291 e. The number of rotatable bonds is 5. The van der Waals surface area contributed by atoms with Crippen molar-refractivity contribution in [3.8, 4) is 0 Å². The number of amides is 3. The molecule has 142 valence electrons. The highest BCUT2D eigenvalue weighted by atomic mass is 79.9. The lowest BCUT2D eigenvalue weighted by atomic mass is 10.1. The van der Waals surface area contributed by atoms with Crippen LogP contribution in [0.5, 0.6) is 0 Å². The minimum absolute atomic E-state index is 0.151. The van der Waals surface area contributed by atoms with Gasteiger partial charge in [-0.05, 0) is 70.5 Å². The number of hydrogen-bond acceptors (Lipinski definition) is 4. The molecule has 7 nitrogen and oxygen atoms in total. The topological polar surface area (TPSA) is 100 Å². The smallest absolute Gasteiger partial charge is 0.291 e. The molecule has 8 heteroatoms. The normalized spacial score (nSPS) is 10.2. The van der Waals surface area contributed by atoms with Gasteiger partial charge in [-0.15, -0.1) is 0 Å². The molecule has 1 aromatic heterocycles.